The van der Waals surface area contributed by atoms with E-state index < -0.39 is 0 Å². The molecule has 0 aromatic heterocycles. The van der Waals surface area contributed by atoms with Gasteiger partial charge in [0.15, 0.2) is 0 Å². The van der Waals surface area contributed by atoms with E-state index in [-0.39, 0.29) is 11.8 Å². The topological polar surface area (TPSA) is 58.7 Å². The zero-order valence-electron chi connectivity index (χ0n) is 7.84. The number of hydrazine groups is 1. The molecule has 1 heterocycles. The van der Waals surface area contributed by atoms with E-state index in [0.717, 1.165) is 16.4 Å². The number of nitrogens with two attached hydrogens (primary N) is 1. The number of hydrogen-bond donors (Lipinski definition) is 1. The minimum absolute atomic E-state index is 0.163. The molecule has 2 rings (SSSR count). The van der Waals surface area contributed by atoms with Crippen LogP contribution < -0.4 is 5.84 Å². The second kappa shape index (κ2) is 3.23. The van der Waals surface area contributed by atoms with Gasteiger partial charge in [0.05, 0.1) is 11.6 Å². The molecule has 2 N–H and O–H groups in total. The van der Waals surface area contributed by atoms with Gasteiger partial charge in [-0.1, -0.05) is 30.3 Å². The Balaban J connectivity index is 2.38. The Morgan fingerprint density at radius 3 is 2.50 bits per heavy atom. The van der Waals surface area contributed by atoms with Gasteiger partial charge in [0.2, 0.25) is 0 Å². The third kappa shape index (κ3) is 1.29. The molecule has 0 fully saturated rings. The number of nitrogens with zero attached hydrogens (tertiary/aromatic N) is 2. The SMILES string of the molecule is CC1C(=O)N(N)N=C1c1ccccc1. The summed E-state index contributed by atoms with van der Waals surface area (Å²) in [5, 5.41) is 4.91. The predicted molar refractivity (Wildman–Crippen MR) is 53.2 cm³/mol. The Labute approximate surface area is 82.0 Å². The standard InChI is InChI=1S/C10H11N3O/c1-7-9(12-13(11)10(7)14)8-5-3-2-4-6-8/h2-7H,11H2,1H3. The summed E-state index contributed by atoms with van der Waals surface area (Å²) in [5.74, 6) is 4.98. The lowest BCUT2D eigenvalue weighted by atomic mass is 9.99. The van der Waals surface area contributed by atoms with Crippen molar-refractivity contribution in [1.82, 2.24) is 5.12 Å². The summed E-state index contributed by atoms with van der Waals surface area (Å²) < 4.78 is 0. The normalized spacial score (nSPS) is 21.3. The maximum atomic E-state index is 11.4. The van der Waals surface area contributed by atoms with E-state index >= 15 is 0 Å². The fourth-order valence-electron chi connectivity index (χ4n) is 1.48. The van der Waals surface area contributed by atoms with Crippen LogP contribution in [0.15, 0.2) is 35.4 Å². The Kier molecular flexibility index (Phi) is 2.05. The van der Waals surface area contributed by atoms with Gasteiger partial charge < -0.3 is 0 Å². The van der Waals surface area contributed by atoms with Crippen LogP contribution in [0.4, 0.5) is 0 Å². The lowest BCUT2D eigenvalue weighted by Crippen LogP contribution is -2.31. The van der Waals surface area contributed by atoms with Crippen LogP contribution in [0.3, 0.4) is 0 Å². The molecule has 1 unspecified atom stereocenters. The molecular formula is C10H11N3O. The first-order chi connectivity index (χ1) is 6.70. The van der Waals surface area contributed by atoms with Crippen molar-refractivity contribution >= 4 is 11.6 Å². The molecule has 1 aromatic carbocycles. The van der Waals surface area contributed by atoms with Gasteiger partial charge in [0, 0.05) is 0 Å². The van der Waals surface area contributed by atoms with Crippen LogP contribution in [0.5, 0.6) is 0 Å². The Bertz CT molecular complexity index is 386. The Morgan fingerprint density at radius 1 is 1.36 bits per heavy atom. The lowest BCUT2D eigenvalue weighted by molar-refractivity contribution is -0.131. The van der Waals surface area contributed by atoms with Gasteiger partial charge in [0.1, 0.15) is 0 Å². The van der Waals surface area contributed by atoms with Crippen LogP contribution >= 0.6 is 0 Å². The molecule has 0 bridgehead atoms. The zero-order chi connectivity index (χ0) is 10.1. The molecule has 0 aliphatic carbocycles. The molecular weight excluding hydrogens is 178 g/mol. The summed E-state index contributed by atoms with van der Waals surface area (Å²) in [5.41, 5.74) is 1.68. The van der Waals surface area contributed by atoms with Crippen molar-refractivity contribution in [2.75, 3.05) is 0 Å². The number of benzene rings is 1. The Hall–Kier alpha value is -1.68. The van der Waals surface area contributed by atoms with Crippen molar-refractivity contribution in [3.05, 3.63) is 35.9 Å². The second-order valence-electron chi connectivity index (χ2n) is 3.26. The van der Waals surface area contributed by atoms with Gasteiger partial charge in [-0.2, -0.15) is 10.2 Å². The van der Waals surface area contributed by atoms with Gasteiger partial charge in [-0.15, -0.1) is 0 Å². The van der Waals surface area contributed by atoms with E-state index in [1.54, 1.807) is 6.92 Å². The third-order valence-corrected chi connectivity index (χ3v) is 2.29. The van der Waals surface area contributed by atoms with Crippen LogP contribution in [0, 0.1) is 5.92 Å². The van der Waals surface area contributed by atoms with E-state index in [4.69, 9.17) is 5.84 Å². The minimum Gasteiger partial charge on any atom is -0.271 e. The number of amides is 1. The molecule has 0 saturated heterocycles. The van der Waals surface area contributed by atoms with Crippen molar-refractivity contribution in [2.45, 2.75) is 6.92 Å². The van der Waals surface area contributed by atoms with E-state index in [1.807, 2.05) is 30.3 Å². The first-order valence-electron chi connectivity index (χ1n) is 4.42. The van der Waals surface area contributed by atoms with Crippen molar-refractivity contribution in [3.63, 3.8) is 0 Å². The van der Waals surface area contributed by atoms with E-state index in [1.165, 1.54) is 0 Å². The molecule has 4 nitrogen and oxygen atoms in total. The minimum atomic E-state index is -0.248. The van der Waals surface area contributed by atoms with Crippen molar-refractivity contribution in [2.24, 2.45) is 16.9 Å². The molecule has 1 amide bonds. The van der Waals surface area contributed by atoms with Gasteiger partial charge in [-0.3, -0.25) is 4.79 Å². The number of carbonyl (C=O) groups is 1. The van der Waals surface area contributed by atoms with Crippen molar-refractivity contribution < 1.29 is 4.79 Å². The average molecular weight is 189 g/mol. The van der Waals surface area contributed by atoms with Gasteiger partial charge >= 0.3 is 0 Å². The summed E-state index contributed by atoms with van der Waals surface area (Å²) in [6.45, 7) is 1.81. The first kappa shape index (κ1) is 8.90. The molecule has 14 heavy (non-hydrogen) atoms. The summed E-state index contributed by atoms with van der Waals surface area (Å²) in [6, 6.07) is 9.58. The maximum absolute atomic E-state index is 11.4. The largest absolute Gasteiger partial charge is 0.271 e. The fourth-order valence-corrected chi connectivity index (χ4v) is 1.48. The number of rotatable bonds is 1. The van der Waals surface area contributed by atoms with Crippen LogP contribution in [0.1, 0.15) is 12.5 Å². The van der Waals surface area contributed by atoms with Gasteiger partial charge in [-0.05, 0) is 12.5 Å². The van der Waals surface area contributed by atoms with E-state index in [2.05, 4.69) is 5.10 Å². The molecule has 1 aromatic rings. The van der Waals surface area contributed by atoms with Crippen molar-refractivity contribution in [3.8, 4) is 0 Å². The summed E-state index contributed by atoms with van der Waals surface area (Å²) >= 11 is 0. The van der Waals surface area contributed by atoms with E-state index in [9.17, 15) is 4.79 Å². The molecule has 0 spiro atoms. The molecule has 1 atom stereocenters. The third-order valence-electron chi connectivity index (χ3n) is 2.29. The summed E-state index contributed by atoms with van der Waals surface area (Å²) in [7, 11) is 0. The number of hydrogen-bond acceptors (Lipinski definition) is 3. The quantitative estimate of drug-likeness (QED) is 0.523. The second-order valence-corrected chi connectivity index (χ2v) is 3.26. The van der Waals surface area contributed by atoms with Crippen molar-refractivity contribution in [1.29, 1.82) is 0 Å². The van der Waals surface area contributed by atoms with Crippen LogP contribution in [-0.4, -0.2) is 16.7 Å². The molecule has 72 valence electrons. The molecule has 4 heteroatoms. The highest BCUT2D eigenvalue weighted by molar-refractivity contribution is 6.15. The van der Waals surface area contributed by atoms with Crippen LogP contribution in [-0.2, 0) is 4.79 Å². The predicted octanol–water partition coefficient (Wildman–Crippen LogP) is 0.743. The van der Waals surface area contributed by atoms with Gasteiger partial charge in [0.25, 0.3) is 5.91 Å². The number of carbonyl (C=O) groups excluding carboxylic acids is 1. The highest BCUT2D eigenvalue weighted by atomic mass is 16.2. The summed E-state index contributed by atoms with van der Waals surface area (Å²) in [6.07, 6.45) is 0. The monoisotopic (exact) mass is 189 g/mol. The summed E-state index contributed by atoms with van der Waals surface area (Å²) in [4.78, 5) is 11.4. The molecule has 0 radical (unpaired) electrons. The molecule has 1 aliphatic rings. The molecule has 1 aliphatic heterocycles. The van der Waals surface area contributed by atoms with Gasteiger partial charge in [-0.25, -0.2) is 5.84 Å². The Morgan fingerprint density at radius 2 is 2.00 bits per heavy atom. The highest BCUT2D eigenvalue weighted by Crippen LogP contribution is 2.17. The lowest BCUT2D eigenvalue weighted by Gasteiger charge is -2.03. The molecule has 0 saturated carbocycles. The zero-order valence-corrected chi connectivity index (χ0v) is 7.84. The number of hydrazone groups is 1. The first-order valence-corrected chi connectivity index (χ1v) is 4.42. The fraction of sp³-hybridized carbons (Fsp3) is 0.200. The van der Waals surface area contributed by atoms with E-state index in [0.29, 0.717) is 0 Å². The van der Waals surface area contributed by atoms with Crippen LogP contribution in [0.25, 0.3) is 0 Å². The smallest absolute Gasteiger partial charge is 0.266 e. The highest BCUT2D eigenvalue weighted by Gasteiger charge is 2.31. The average Bonchev–Trinajstić information content (AvgIpc) is 2.47. The maximum Gasteiger partial charge on any atom is 0.266 e. The van der Waals surface area contributed by atoms with Crippen LogP contribution in [0.2, 0.25) is 0 Å².